The van der Waals surface area contributed by atoms with Gasteiger partial charge in [-0.1, -0.05) is 0 Å². The third-order valence-corrected chi connectivity index (χ3v) is 4.66. The minimum Gasteiger partial charge on any atom is -0.369 e. The molecule has 6 nitrogen and oxygen atoms in total. The molecule has 2 aliphatic rings. The fourth-order valence-electron chi connectivity index (χ4n) is 3.21. The van der Waals surface area contributed by atoms with Crippen LogP contribution in [0.3, 0.4) is 0 Å². The first-order valence-electron chi connectivity index (χ1n) is 8.03. The van der Waals surface area contributed by atoms with Crippen molar-refractivity contribution in [3.63, 3.8) is 0 Å². The number of carbonyl (C=O) groups excluding carboxylic acids is 1. The predicted octanol–water partition coefficient (Wildman–Crippen LogP) is 1.79. The van der Waals surface area contributed by atoms with Gasteiger partial charge >= 0.3 is 0 Å². The Bertz CT molecular complexity index is 723. The van der Waals surface area contributed by atoms with E-state index in [1.165, 1.54) is 12.8 Å². The number of aryl methyl sites for hydroxylation is 1. The van der Waals surface area contributed by atoms with E-state index >= 15 is 0 Å². The van der Waals surface area contributed by atoms with Gasteiger partial charge in [-0.25, -0.2) is 0 Å². The number of morpholine rings is 1. The first-order chi connectivity index (χ1) is 11.2. The van der Waals surface area contributed by atoms with Crippen LogP contribution in [0.25, 0.3) is 11.3 Å². The van der Waals surface area contributed by atoms with Crippen molar-refractivity contribution >= 4 is 5.91 Å². The molecule has 1 atom stereocenters. The van der Waals surface area contributed by atoms with Crippen molar-refractivity contribution in [2.75, 3.05) is 19.8 Å². The summed E-state index contributed by atoms with van der Waals surface area (Å²) in [6.45, 7) is 1.53. The van der Waals surface area contributed by atoms with Crippen LogP contribution in [0.2, 0.25) is 0 Å². The number of pyridine rings is 1. The molecule has 120 valence electrons. The SMILES string of the molecule is Cn1nccc1-c1ccncc1C1COCC(=O)N1CC1CC1. The van der Waals surface area contributed by atoms with Gasteiger partial charge in [0, 0.05) is 43.3 Å². The largest absolute Gasteiger partial charge is 0.369 e. The predicted molar refractivity (Wildman–Crippen MR) is 84.4 cm³/mol. The van der Waals surface area contributed by atoms with Crippen LogP contribution in [0.4, 0.5) is 0 Å². The molecule has 1 saturated carbocycles. The number of aromatic nitrogens is 3. The van der Waals surface area contributed by atoms with Gasteiger partial charge in [-0.3, -0.25) is 14.5 Å². The first kappa shape index (κ1) is 14.4. The van der Waals surface area contributed by atoms with Crippen molar-refractivity contribution in [2.24, 2.45) is 13.0 Å². The van der Waals surface area contributed by atoms with E-state index in [2.05, 4.69) is 10.1 Å². The van der Waals surface area contributed by atoms with Crippen LogP contribution in [0.15, 0.2) is 30.7 Å². The van der Waals surface area contributed by atoms with E-state index in [1.807, 2.05) is 35.0 Å². The van der Waals surface area contributed by atoms with E-state index in [0.29, 0.717) is 12.5 Å². The number of carbonyl (C=O) groups is 1. The van der Waals surface area contributed by atoms with Gasteiger partial charge in [0.1, 0.15) is 6.61 Å². The first-order valence-corrected chi connectivity index (χ1v) is 8.03. The normalized spacial score (nSPS) is 21.7. The lowest BCUT2D eigenvalue weighted by atomic mass is 9.98. The molecular formula is C17H20N4O2. The summed E-state index contributed by atoms with van der Waals surface area (Å²) >= 11 is 0. The van der Waals surface area contributed by atoms with Gasteiger partial charge in [0.2, 0.25) is 5.91 Å². The molecule has 4 rings (SSSR count). The van der Waals surface area contributed by atoms with Gasteiger partial charge in [0.15, 0.2) is 0 Å². The molecule has 1 amide bonds. The van der Waals surface area contributed by atoms with Crippen molar-refractivity contribution in [3.8, 4) is 11.3 Å². The summed E-state index contributed by atoms with van der Waals surface area (Å²) in [5.74, 6) is 0.726. The van der Waals surface area contributed by atoms with Crippen LogP contribution < -0.4 is 0 Å². The molecule has 2 aromatic heterocycles. The highest BCUT2D eigenvalue weighted by molar-refractivity contribution is 5.79. The summed E-state index contributed by atoms with van der Waals surface area (Å²) in [4.78, 5) is 18.6. The quantitative estimate of drug-likeness (QED) is 0.863. The van der Waals surface area contributed by atoms with E-state index in [9.17, 15) is 4.79 Å². The summed E-state index contributed by atoms with van der Waals surface area (Å²) in [6.07, 6.45) is 7.86. The second-order valence-electron chi connectivity index (χ2n) is 6.32. The van der Waals surface area contributed by atoms with Crippen LogP contribution in [0.5, 0.6) is 0 Å². The second kappa shape index (κ2) is 5.77. The topological polar surface area (TPSA) is 60.2 Å². The lowest BCUT2D eigenvalue weighted by Gasteiger charge is -2.36. The molecule has 2 aromatic rings. The maximum atomic E-state index is 12.4. The zero-order chi connectivity index (χ0) is 15.8. The van der Waals surface area contributed by atoms with Gasteiger partial charge in [0.25, 0.3) is 0 Å². The Morgan fingerprint density at radius 1 is 1.30 bits per heavy atom. The van der Waals surface area contributed by atoms with Crippen molar-refractivity contribution in [1.29, 1.82) is 0 Å². The zero-order valence-corrected chi connectivity index (χ0v) is 13.2. The van der Waals surface area contributed by atoms with Crippen molar-refractivity contribution < 1.29 is 9.53 Å². The molecule has 3 heterocycles. The van der Waals surface area contributed by atoms with Crippen molar-refractivity contribution in [2.45, 2.75) is 18.9 Å². The van der Waals surface area contributed by atoms with Gasteiger partial charge in [-0.2, -0.15) is 5.10 Å². The fourth-order valence-corrected chi connectivity index (χ4v) is 3.21. The third kappa shape index (κ3) is 2.74. The summed E-state index contributed by atoms with van der Waals surface area (Å²) in [5, 5.41) is 4.26. The van der Waals surface area contributed by atoms with Gasteiger partial charge in [-0.05, 0) is 30.9 Å². The van der Waals surface area contributed by atoms with Crippen LogP contribution in [0.1, 0.15) is 24.4 Å². The molecule has 2 fully saturated rings. The highest BCUT2D eigenvalue weighted by Crippen LogP contribution is 2.36. The van der Waals surface area contributed by atoms with Gasteiger partial charge in [-0.15, -0.1) is 0 Å². The van der Waals surface area contributed by atoms with Gasteiger partial charge < -0.3 is 9.64 Å². The lowest BCUT2D eigenvalue weighted by molar-refractivity contribution is -0.148. The zero-order valence-electron chi connectivity index (χ0n) is 13.2. The summed E-state index contributed by atoms with van der Waals surface area (Å²) < 4.78 is 7.39. The van der Waals surface area contributed by atoms with Gasteiger partial charge in [0.05, 0.1) is 18.3 Å². The fraction of sp³-hybridized carbons (Fsp3) is 0.471. The van der Waals surface area contributed by atoms with E-state index in [4.69, 9.17) is 4.74 Å². The highest BCUT2D eigenvalue weighted by atomic mass is 16.5. The average molecular weight is 312 g/mol. The van der Waals surface area contributed by atoms with E-state index in [1.54, 1.807) is 12.4 Å². The number of rotatable bonds is 4. The molecule has 6 heteroatoms. The number of nitrogens with zero attached hydrogens (tertiary/aromatic N) is 4. The summed E-state index contributed by atoms with van der Waals surface area (Å²) in [6, 6.07) is 3.89. The molecule has 0 aromatic carbocycles. The molecule has 0 radical (unpaired) electrons. The standard InChI is InChI=1S/C17H20N4O2/c1-20-15(5-7-19-20)13-4-6-18-8-14(13)16-10-23-11-17(22)21(16)9-12-2-3-12/h4-8,12,16H,2-3,9-11H2,1H3. The molecular weight excluding hydrogens is 292 g/mol. The van der Waals surface area contributed by atoms with Crippen LogP contribution in [-0.4, -0.2) is 45.3 Å². The summed E-state index contributed by atoms with van der Waals surface area (Å²) in [5.41, 5.74) is 3.11. The molecule has 0 bridgehead atoms. The Balaban J connectivity index is 1.73. The monoisotopic (exact) mass is 312 g/mol. The molecule has 1 aliphatic heterocycles. The Morgan fingerprint density at radius 2 is 2.17 bits per heavy atom. The maximum absolute atomic E-state index is 12.4. The Kier molecular flexibility index (Phi) is 3.61. The van der Waals surface area contributed by atoms with Crippen molar-refractivity contribution in [1.82, 2.24) is 19.7 Å². The number of amides is 1. The molecule has 23 heavy (non-hydrogen) atoms. The van der Waals surface area contributed by atoms with Crippen LogP contribution >= 0.6 is 0 Å². The lowest BCUT2D eigenvalue weighted by Crippen LogP contribution is -2.45. The number of hydrogen-bond donors (Lipinski definition) is 0. The van der Waals surface area contributed by atoms with Crippen LogP contribution in [-0.2, 0) is 16.6 Å². The smallest absolute Gasteiger partial charge is 0.249 e. The number of ether oxygens (including phenoxy) is 1. The second-order valence-corrected chi connectivity index (χ2v) is 6.32. The average Bonchev–Trinajstić information content (AvgIpc) is 3.28. The minimum atomic E-state index is -0.0737. The van der Waals surface area contributed by atoms with Crippen LogP contribution in [0, 0.1) is 5.92 Å². The van der Waals surface area contributed by atoms with Crippen molar-refractivity contribution in [3.05, 3.63) is 36.3 Å². The third-order valence-electron chi connectivity index (χ3n) is 4.66. The van der Waals surface area contributed by atoms with E-state index in [-0.39, 0.29) is 18.6 Å². The molecule has 1 saturated heterocycles. The van der Waals surface area contributed by atoms with E-state index in [0.717, 1.165) is 23.4 Å². The molecule has 1 aliphatic carbocycles. The minimum absolute atomic E-state index is 0.0737. The highest BCUT2D eigenvalue weighted by Gasteiger charge is 2.36. The Labute approximate surface area is 135 Å². The molecule has 0 N–H and O–H groups in total. The maximum Gasteiger partial charge on any atom is 0.249 e. The Hall–Kier alpha value is -2.21. The molecule has 1 unspecified atom stereocenters. The Morgan fingerprint density at radius 3 is 2.91 bits per heavy atom. The number of hydrogen-bond acceptors (Lipinski definition) is 4. The summed E-state index contributed by atoms with van der Waals surface area (Å²) in [7, 11) is 1.92. The van der Waals surface area contributed by atoms with E-state index < -0.39 is 0 Å². The molecule has 0 spiro atoms.